The van der Waals surface area contributed by atoms with E-state index in [9.17, 15) is 15.8 Å². The quantitative estimate of drug-likeness (QED) is 0.771. The lowest BCUT2D eigenvalue weighted by atomic mass is 9.54. The monoisotopic (exact) mass is 416 g/mol. The molecular formula is C25H28N4O2. The first-order valence-corrected chi connectivity index (χ1v) is 10.3. The lowest BCUT2D eigenvalue weighted by Gasteiger charge is -2.47. The first kappa shape index (κ1) is 22.3. The molecule has 0 saturated heterocycles. The second-order valence-electron chi connectivity index (χ2n) is 9.32. The van der Waals surface area contributed by atoms with Crippen molar-refractivity contribution in [2.24, 2.45) is 28.4 Å². The highest BCUT2D eigenvalue weighted by Crippen LogP contribution is 2.59. The zero-order chi connectivity index (χ0) is 23.0. The van der Waals surface area contributed by atoms with Crippen LogP contribution in [-0.4, -0.2) is 14.2 Å². The van der Waals surface area contributed by atoms with Crippen molar-refractivity contribution in [2.45, 2.75) is 39.5 Å². The van der Waals surface area contributed by atoms with Gasteiger partial charge in [-0.25, -0.2) is 0 Å². The molecule has 0 aromatic heterocycles. The van der Waals surface area contributed by atoms with Crippen molar-refractivity contribution in [2.75, 3.05) is 14.2 Å². The fourth-order valence-electron chi connectivity index (χ4n) is 5.02. The van der Waals surface area contributed by atoms with Crippen LogP contribution in [0.2, 0.25) is 0 Å². The number of allylic oxidation sites excluding steroid dienone is 4. The summed E-state index contributed by atoms with van der Waals surface area (Å²) in [6.07, 6.45) is 3.64. The van der Waals surface area contributed by atoms with Gasteiger partial charge in [0, 0.05) is 11.5 Å². The maximum Gasteiger partial charge on any atom is 0.191 e. The van der Waals surface area contributed by atoms with Gasteiger partial charge in [0.2, 0.25) is 0 Å². The van der Waals surface area contributed by atoms with E-state index in [4.69, 9.17) is 15.2 Å². The Morgan fingerprint density at radius 2 is 1.77 bits per heavy atom. The Kier molecular flexibility index (Phi) is 5.75. The van der Waals surface area contributed by atoms with Crippen molar-refractivity contribution in [3.05, 3.63) is 46.7 Å². The zero-order valence-corrected chi connectivity index (χ0v) is 18.7. The second-order valence-corrected chi connectivity index (χ2v) is 9.32. The highest BCUT2D eigenvalue weighted by Gasteiger charge is 2.55. The first-order valence-electron chi connectivity index (χ1n) is 10.3. The fourth-order valence-corrected chi connectivity index (χ4v) is 5.02. The lowest BCUT2D eigenvalue weighted by Crippen LogP contribution is -2.44. The molecule has 6 heteroatoms. The van der Waals surface area contributed by atoms with Crippen molar-refractivity contribution in [1.82, 2.24) is 0 Å². The molecule has 1 aromatic rings. The predicted octanol–water partition coefficient (Wildman–Crippen LogP) is 4.57. The average Bonchev–Trinajstić information content (AvgIpc) is 2.77. The number of nitrogens with two attached hydrogens (primary N) is 1. The van der Waals surface area contributed by atoms with Gasteiger partial charge in [-0.1, -0.05) is 26.8 Å². The third kappa shape index (κ3) is 3.41. The van der Waals surface area contributed by atoms with E-state index in [-0.39, 0.29) is 22.6 Å². The van der Waals surface area contributed by atoms with Crippen LogP contribution in [-0.2, 0) is 0 Å². The van der Waals surface area contributed by atoms with Crippen LogP contribution in [0, 0.1) is 56.7 Å². The summed E-state index contributed by atoms with van der Waals surface area (Å²) in [5, 5.41) is 30.4. The number of ether oxygens (including phenoxy) is 2. The summed E-state index contributed by atoms with van der Waals surface area (Å²) in [5.74, 6) is 0.671. The highest BCUT2D eigenvalue weighted by molar-refractivity contribution is 5.61. The number of hydrogen-bond acceptors (Lipinski definition) is 6. The topological polar surface area (TPSA) is 116 Å². The Balaban J connectivity index is 2.37. The maximum atomic E-state index is 10.3. The number of benzene rings is 1. The Morgan fingerprint density at radius 1 is 1.10 bits per heavy atom. The van der Waals surface area contributed by atoms with Crippen LogP contribution in [0.5, 0.6) is 11.5 Å². The van der Waals surface area contributed by atoms with E-state index in [2.05, 4.69) is 45.1 Å². The van der Waals surface area contributed by atoms with Crippen LogP contribution >= 0.6 is 0 Å². The predicted molar refractivity (Wildman–Crippen MR) is 117 cm³/mol. The smallest absolute Gasteiger partial charge is 0.191 e. The number of methoxy groups -OCH3 is 2. The number of nitriles is 3. The fraction of sp³-hybridized carbons (Fsp3) is 0.480. The Labute approximate surface area is 184 Å². The molecule has 0 fully saturated rings. The number of rotatable bonds is 3. The van der Waals surface area contributed by atoms with E-state index in [1.54, 1.807) is 26.4 Å². The van der Waals surface area contributed by atoms with Crippen molar-refractivity contribution >= 4 is 0 Å². The molecule has 2 aliphatic rings. The summed E-state index contributed by atoms with van der Waals surface area (Å²) >= 11 is 0. The van der Waals surface area contributed by atoms with Gasteiger partial charge in [-0.2, -0.15) is 15.8 Å². The van der Waals surface area contributed by atoms with Crippen molar-refractivity contribution in [1.29, 1.82) is 15.8 Å². The van der Waals surface area contributed by atoms with E-state index in [1.165, 1.54) is 0 Å². The molecule has 0 heterocycles. The van der Waals surface area contributed by atoms with E-state index < -0.39 is 11.3 Å². The molecule has 1 aromatic carbocycles. The van der Waals surface area contributed by atoms with Gasteiger partial charge in [-0.05, 0) is 53.9 Å². The first-order chi connectivity index (χ1) is 14.7. The molecule has 0 saturated carbocycles. The van der Waals surface area contributed by atoms with Crippen LogP contribution < -0.4 is 15.2 Å². The molecule has 0 aliphatic heterocycles. The lowest BCUT2D eigenvalue weighted by molar-refractivity contribution is 0.169. The molecule has 0 bridgehead atoms. The van der Waals surface area contributed by atoms with Crippen LogP contribution in [0.25, 0.3) is 0 Å². The van der Waals surface area contributed by atoms with Crippen molar-refractivity contribution < 1.29 is 9.47 Å². The third-order valence-corrected chi connectivity index (χ3v) is 6.87. The van der Waals surface area contributed by atoms with Crippen molar-refractivity contribution in [3.8, 4) is 29.7 Å². The Morgan fingerprint density at radius 3 is 2.29 bits per heavy atom. The summed E-state index contributed by atoms with van der Waals surface area (Å²) in [6, 6.07) is 11.9. The SMILES string of the molecule is COc1ccc(OC)c([C@@H]2[C@@H]3C[C@H](C(C)(C)C)CC=C3C(C#N)=C(N)C2(C#N)C#N)c1. The summed E-state index contributed by atoms with van der Waals surface area (Å²) in [4.78, 5) is 0. The van der Waals surface area contributed by atoms with Gasteiger partial charge in [0.1, 0.15) is 17.6 Å². The van der Waals surface area contributed by atoms with Gasteiger partial charge in [-0.15, -0.1) is 0 Å². The molecule has 0 spiro atoms. The molecule has 31 heavy (non-hydrogen) atoms. The normalized spacial score (nSPS) is 24.7. The minimum absolute atomic E-state index is 0.0200. The molecule has 160 valence electrons. The summed E-state index contributed by atoms with van der Waals surface area (Å²) in [7, 11) is 3.13. The second kappa shape index (κ2) is 8.01. The standard InChI is InChI=1S/C25H28N4O2/c1-24(2,3)15-6-8-17-18(10-15)22(19-11-16(30-4)7-9-21(19)31-5)25(13-27,14-28)23(29)20(17)12-26/h7-9,11,15,18,22H,6,10,29H2,1-5H3/t15-,18-,22+/m1/s1. The van der Waals surface area contributed by atoms with Crippen LogP contribution in [0.4, 0.5) is 0 Å². The Hall–Kier alpha value is -3.43. The van der Waals surface area contributed by atoms with Crippen LogP contribution in [0.3, 0.4) is 0 Å². The zero-order valence-electron chi connectivity index (χ0n) is 18.7. The van der Waals surface area contributed by atoms with E-state index in [1.807, 2.05) is 6.07 Å². The number of hydrogen-bond donors (Lipinski definition) is 1. The summed E-state index contributed by atoms with van der Waals surface area (Å²) in [6.45, 7) is 6.58. The molecule has 2 aliphatic carbocycles. The minimum Gasteiger partial charge on any atom is -0.497 e. The maximum absolute atomic E-state index is 10.3. The van der Waals surface area contributed by atoms with Gasteiger partial charge < -0.3 is 15.2 Å². The van der Waals surface area contributed by atoms with E-state index in [0.29, 0.717) is 23.0 Å². The van der Waals surface area contributed by atoms with E-state index in [0.717, 1.165) is 18.4 Å². The van der Waals surface area contributed by atoms with E-state index >= 15 is 0 Å². The average molecular weight is 417 g/mol. The summed E-state index contributed by atoms with van der Waals surface area (Å²) in [5.41, 5.74) is 6.56. The van der Waals surface area contributed by atoms with Gasteiger partial charge in [0.15, 0.2) is 5.41 Å². The van der Waals surface area contributed by atoms with Crippen molar-refractivity contribution in [3.63, 3.8) is 0 Å². The highest BCUT2D eigenvalue weighted by atomic mass is 16.5. The van der Waals surface area contributed by atoms with Gasteiger partial charge >= 0.3 is 0 Å². The molecule has 3 rings (SSSR count). The third-order valence-electron chi connectivity index (χ3n) is 6.87. The van der Waals surface area contributed by atoms with Gasteiger partial charge in [0.25, 0.3) is 0 Å². The van der Waals surface area contributed by atoms with Crippen LogP contribution in [0.15, 0.2) is 41.1 Å². The molecular weight excluding hydrogens is 388 g/mol. The number of fused-ring (bicyclic) bond motifs is 1. The van der Waals surface area contributed by atoms with Gasteiger partial charge in [-0.3, -0.25) is 0 Å². The molecule has 3 atom stereocenters. The Bertz CT molecular complexity index is 1060. The largest absolute Gasteiger partial charge is 0.497 e. The van der Waals surface area contributed by atoms with Gasteiger partial charge in [0.05, 0.1) is 37.6 Å². The molecule has 6 nitrogen and oxygen atoms in total. The minimum atomic E-state index is -1.69. The summed E-state index contributed by atoms with van der Waals surface area (Å²) < 4.78 is 11.1. The number of nitrogens with zero attached hydrogens (tertiary/aromatic N) is 3. The van der Waals surface area contributed by atoms with Crippen LogP contribution in [0.1, 0.15) is 45.1 Å². The molecule has 2 N–H and O–H groups in total. The molecule has 0 unspecified atom stereocenters. The molecule has 0 amide bonds. The molecule has 0 radical (unpaired) electrons.